The minimum absolute atomic E-state index is 0.0290. The molecule has 1 aliphatic heterocycles. The van der Waals surface area contributed by atoms with E-state index in [0.717, 1.165) is 24.8 Å². The van der Waals surface area contributed by atoms with Crippen LogP contribution < -0.4 is 0 Å². The molecule has 5 nitrogen and oxygen atoms in total. The molecule has 2 aromatic rings. The lowest BCUT2D eigenvalue weighted by molar-refractivity contribution is -0.0754. The molecule has 2 aliphatic rings. The van der Waals surface area contributed by atoms with E-state index in [1.165, 1.54) is 6.42 Å². The summed E-state index contributed by atoms with van der Waals surface area (Å²) in [5.41, 5.74) is 1.32. The smallest absolute Gasteiger partial charge is 0.276 e. The minimum atomic E-state index is -0.0290. The SMILES string of the molecule is Cc1oc(-c2ccccc2)nc1C(=O)N1CCO[C@@H]2CCCC[C@H]21. The van der Waals surface area contributed by atoms with Crippen LogP contribution in [0, 0.1) is 6.92 Å². The molecule has 1 saturated heterocycles. The van der Waals surface area contributed by atoms with Crippen LogP contribution in [0.5, 0.6) is 0 Å². The molecule has 0 N–H and O–H groups in total. The molecule has 24 heavy (non-hydrogen) atoms. The highest BCUT2D eigenvalue weighted by molar-refractivity contribution is 5.94. The zero-order valence-electron chi connectivity index (χ0n) is 13.9. The zero-order valence-corrected chi connectivity index (χ0v) is 13.9. The molecule has 1 aromatic carbocycles. The van der Waals surface area contributed by atoms with Gasteiger partial charge in [0.05, 0.1) is 18.8 Å². The Bertz CT molecular complexity index is 723. The van der Waals surface area contributed by atoms with Crippen molar-refractivity contribution in [2.75, 3.05) is 13.2 Å². The van der Waals surface area contributed by atoms with Crippen molar-refractivity contribution in [1.29, 1.82) is 0 Å². The van der Waals surface area contributed by atoms with Crippen molar-refractivity contribution in [2.45, 2.75) is 44.8 Å². The van der Waals surface area contributed by atoms with E-state index in [1.807, 2.05) is 42.2 Å². The summed E-state index contributed by atoms with van der Waals surface area (Å²) in [6.07, 6.45) is 4.57. The first-order valence-corrected chi connectivity index (χ1v) is 8.69. The lowest BCUT2D eigenvalue weighted by atomic mass is 9.90. The van der Waals surface area contributed by atoms with Crippen LogP contribution in [0.25, 0.3) is 11.5 Å². The predicted octanol–water partition coefficient (Wildman–Crippen LogP) is 3.43. The van der Waals surface area contributed by atoms with Crippen LogP contribution in [-0.4, -0.2) is 41.1 Å². The molecule has 2 atom stereocenters. The van der Waals surface area contributed by atoms with Gasteiger partial charge in [0.2, 0.25) is 5.89 Å². The molecule has 0 bridgehead atoms. The standard InChI is InChI=1S/C19H22N2O3/c1-13-17(20-18(24-13)14-7-3-2-4-8-14)19(22)21-11-12-23-16-10-6-5-9-15(16)21/h2-4,7-8,15-16H,5-6,9-12H2,1H3/t15-,16-/m1/s1. The number of aromatic nitrogens is 1. The molecule has 0 radical (unpaired) electrons. The Kier molecular flexibility index (Phi) is 4.10. The molecule has 0 unspecified atom stereocenters. The molecular weight excluding hydrogens is 304 g/mol. The summed E-state index contributed by atoms with van der Waals surface area (Å²) >= 11 is 0. The van der Waals surface area contributed by atoms with Crippen LogP contribution in [0.15, 0.2) is 34.7 Å². The number of nitrogens with zero attached hydrogens (tertiary/aromatic N) is 2. The van der Waals surface area contributed by atoms with E-state index in [-0.39, 0.29) is 18.1 Å². The van der Waals surface area contributed by atoms with Gasteiger partial charge < -0.3 is 14.1 Å². The number of fused-ring (bicyclic) bond motifs is 1. The maximum Gasteiger partial charge on any atom is 0.276 e. The molecule has 0 spiro atoms. The molecule has 1 aliphatic carbocycles. The maximum absolute atomic E-state index is 13.1. The molecule has 4 rings (SSSR count). The van der Waals surface area contributed by atoms with E-state index >= 15 is 0 Å². The van der Waals surface area contributed by atoms with Gasteiger partial charge in [0.1, 0.15) is 5.76 Å². The second-order valence-electron chi connectivity index (χ2n) is 6.55. The van der Waals surface area contributed by atoms with E-state index < -0.39 is 0 Å². The Morgan fingerprint density at radius 3 is 2.83 bits per heavy atom. The normalized spacial score (nSPS) is 23.8. The monoisotopic (exact) mass is 326 g/mol. The molecular formula is C19H22N2O3. The Morgan fingerprint density at radius 2 is 2.00 bits per heavy atom. The van der Waals surface area contributed by atoms with Gasteiger partial charge in [0.15, 0.2) is 5.69 Å². The highest BCUT2D eigenvalue weighted by atomic mass is 16.5. The van der Waals surface area contributed by atoms with Crippen molar-refractivity contribution in [3.8, 4) is 11.5 Å². The van der Waals surface area contributed by atoms with Gasteiger partial charge in [-0.25, -0.2) is 4.98 Å². The minimum Gasteiger partial charge on any atom is -0.441 e. The fourth-order valence-corrected chi connectivity index (χ4v) is 3.78. The molecule has 2 heterocycles. The number of ether oxygens (including phenoxy) is 1. The van der Waals surface area contributed by atoms with E-state index in [0.29, 0.717) is 30.5 Å². The van der Waals surface area contributed by atoms with Gasteiger partial charge in [0.25, 0.3) is 5.91 Å². The van der Waals surface area contributed by atoms with Crippen LogP contribution in [0.2, 0.25) is 0 Å². The summed E-state index contributed by atoms with van der Waals surface area (Å²) in [5, 5.41) is 0. The average Bonchev–Trinajstić information content (AvgIpc) is 3.03. The average molecular weight is 326 g/mol. The van der Waals surface area contributed by atoms with E-state index in [1.54, 1.807) is 0 Å². The van der Waals surface area contributed by atoms with Crippen molar-refractivity contribution >= 4 is 5.91 Å². The lowest BCUT2D eigenvalue weighted by Gasteiger charge is -2.43. The number of benzene rings is 1. The van der Waals surface area contributed by atoms with Gasteiger partial charge in [-0.3, -0.25) is 4.79 Å². The van der Waals surface area contributed by atoms with Crippen LogP contribution in [-0.2, 0) is 4.74 Å². The van der Waals surface area contributed by atoms with Crippen LogP contribution >= 0.6 is 0 Å². The highest BCUT2D eigenvalue weighted by Crippen LogP contribution is 2.30. The van der Waals surface area contributed by atoms with Gasteiger partial charge in [-0.1, -0.05) is 31.0 Å². The summed E-state index contributed by atoms with van der Waals surface area (Å²) in [5.74, 6) is 1.06. The predicted molar refractivity (Wildman–Crippen MR) is 89.7 cm³/mol. The van der Waals surface area contributed by atoms with Crippen molar-refractivity contribution in [2.24, 2.45) is 0 Å². The molecule has 1 aromatic heterocycles. The van der Waals surface area contributed by atoms with Crippen molar-refractivity contribution in [3.05, 3.63) is 41.8 Å². The van der Waals surface area contributed by atoms with Gasteiger partial charge in [-0.2, -0.15) is 0 Å². The van der Waals surface area contributed by atoms with Crippen molar-refractivity contribution < 1.29 is 13.9 Å². The summed E-state index contributed by atoms with van der Waals surface area (Å²) in [6, 6.07) is 9.87. The number of hydrogen-bond donors (Lipinski definition) is 0. The third-order valence-electron chi connectivity index (χ3n) is 5.01. The van der Waals surface area contributed by atoms with Crippen LogP contribution in [0.1, 0.15) is 41.9 Å². The summed E-state index contributed by atoms with van der Waals surface area (Å²) < 4.78 is 11.6. The fourth-order valence-electron chi connectivity index (χ4n) is 3.78. The number of amides is 1. The Balaban J connectivity index is 1.61. The molecule has 5 heteroatoms. The second-order valence-corrected chi connectivity index (χ2v) is 6.55. The molecule has 1 amide bonds. The number of rotatable bonds is 2. The zero-order chi connectivity index (χ0) is 16.5. The first-order chi connectivity index (χ1) is 11.7. The Labute approximate surface area is 141 Å². The van der Waals surface area contributed by atoms with Gasteiger partial charge in [-0.15, -0.1) is 0 Å². The maximum atomic E-state index is 13.1. The largest absolute Gasteiger partial charge is 0.441 e. The summed E-state index contributed by atoms with van der Waals surface area (Å²) in [4.78, 5) is 19.5. The number of aryl methyl sites for hydroxylation is 1. The van der Waals surface area contributed by atoms with Gasteiger partial charge in [0, 0.05) is 12.1 Å². The quantitative estimate of drug-likeness (QED) is 0.848. The number of carbonyl (C=O) groups excluding carboxylic acids is 1. The second kappa shape index (κ2) is 6.40. The first kappa shape index (κ1) is 15.4. The van der Waals surface area contributed by atoms with Gasteiger partial charge in [-0.05, 0) is 31.9 Å². The van der Waals surface area contributed by atoms with Crippen molar-refractivity contribution in [1.82, 2.24) is 9.88 Å². The third kappa shape index (κ3) is 2.73. The summed E-state index contributed by atoms with van der Waals surface area (Å²) in [7, 11) is 0. The van der Waals surface area contributed by atoms with Crippen molar-refractivity contribution in [3.63, 3.8) is 0 Å². The lowest BCUT2D eigenvalue weighted by Crippen LogP contribution is -2.55. The van der Waals surface area contributed by atoms with E-state index in [2.05, 4.69) is 4.98 Å². The highest BCUT2D eigenvalue weighted by Gasteiger charge is 2.38. The van der Waals surface area contributed by atoms with E-state index in [4.69, 9.17) is 9.15 Å². The Morgan fingerprint density at radius 1 is 1.21 bits per heavy atom. The fraction of sp³-hybridized carbons (Fsp3) is 0.474. The number of morpholine rings is 1. The number of carbonyl (C=O) groups is 1. The third-order valence-corrected chi connectivity index (χ3v) is 5.01. The molecule has 1 saturated carbocycles. The molecule has 2 fully saturated rings. The summed E-state index contributed by atoms with van der Waals surface area (Å²) in [6.45, 7) is 3.05. The van der Waals surface area contributed by atoms with Crippen LogP contribution in [0.4, 0.5) is 0 Å². The topological polar surface area (TPSA) is 55.6 Å². The van der Waals surface area contributed by atoms with E-state index in [9.17, 15) is 4.79 Å². The Hall–Kier alpha value is -2.14. The van der Waals surface area contributed by atoms with Gasteiger partial charge >= 0.3 is 0 Å². The van der Waals surface area contributed by atoms with Crippen LogP contribution in [0.3, 0.4) is 0 Å². The molecule has 126 valence electrons. The first-order valence-electron chi connectivity index (χ1n) is 8.69. The number of hydrogen-bond acceptors (Lipinski definition) is 4. The number of oxazole rings is 1.